The van der Waals surface area contributed by atoms with E-state index >= 15 is 0 Å². The van der Waals surface area contributed by atoms with Crippen molar-refractivity contribution in [1.82, 2.24) is 5.32 Å². The number of nitrogens with one attached hydrogen (secondary N) is 2. The van der Waals surface area contributed by atoms with Crippen molar-refractivity contribution in [3.05, 3.63) is 54.0 Å². The first-order chi connectivity index (χ1) is 11.6. The van der Waals surface area contributed by atoms with Crippen LogP contribution in [0.5, 0.6) is 0 Å². The van der Waals surface area contributed by atoms with Crippen LogP contribution in [0.15, 0.2) is 47.1 Å². The van der Waals surface area contributed by atoms with Gasteiger partial charge in [0.15, 0.2) is 5.76 Å². The lowest BCUT2D eigenvalue weighted by Crippen LogP contribution is -2.51. The Morgan fingerprint density at radius 1 is 1.12 bits per heavy atom. The van der Waals surface area contributed by atoms with Gasteiger partial charge in [-0.15, -0.1) is 0 Å². The van der Waals surface area contributed by atoms with E-state index < -0.39 is 5.54 Å². The average molecular weight is 327 g/mol. The Morgan fingerprint density at radius 2 is 1.83 bits per heavy atom. The smallest absolute Gasteiger partial charge is 0.291 e. The van der Waals surface area contributed by atoms with Gasteiger partial charge in [0.25, 0.3) is 5.91 Å². The lowest BCUT2D eigenvalue weighted by molar-refractivity contribution is -0.126. The Bertz CT molecular complexity index is 702. The summed E-state index contributed by atoms with van der Waals surface area (Å²) in [6.45, 7) is 0.421. The number of rotatable bonds is 5. The van der Waals surface area contributed by atoms with Crippen molar-refractivity contribution in [2.24, 2.45) is 5.73 Å². The van der Waals surface area contributed by atoms with Crippen LogP contribution in [0.3, 0.4) is 0 Å². The Morgan fingerprint density at radius 3 is 2.46 bits per heavy atom. The number of benzene rings is 1. The minimum atomic E-state index is -0.711. The van der Waals surface area contributed by atoms with Gasteiger partial charge in [0.2, 0.25) is 5.91 Å². The van der Waals surface area contributed by atoms with E-state index in [1.807, 2.05) is 12.1 Å². The van der Waals surface area contributed by atoms with E-state index in [9.17, 15) is 9.59 Å². The summed E-state index contributed by atoms with van der Waals surface area (Å²) in [5.41, 5.74) is 7.02. The predicted molar refractivity (Wildman–Crippen MR) is 90.3 cm³/mol. The van der Waals surface area contributed by atoms with E-state index in [0.717, 1.165) is 31.2 Å². The summed E-state index contributed by atoms with van der Waals surface area (Å²) in [4.78, 5) is 24.1. The largest absolute Gasteiger partial charge is 0.459 e. The summed E-state index contributed by atoms with van der Waals surface area (Å²) in [6, 6.07) is 10.6. The summed E-state index contributed by atoms with van der Waals surface area (Å²) in [7, 11) is 0. The molecule has 3 rings (SSSR count). The van der Waals surface area contributed by atoms with Gasteiger partial charge in [-0.05, 0) is 42.7 Å². The van der Waals surface area contributed by atoms with Crippen molar-refractivity contribution in [1.29, 1.82) is 0 Å². The van der Waals surface area contributed by atoms with Crippen molar-refractivity contribution in [2.75, 3.05) is 5.32 Å². The average Bonchev–Trinajstić information content (AvgIpc) is 3.26. The molecule has 6 nitrogen and oxygen atoms in total. The second kappa shape index (κ2) is 6.88. The fraction of sp³-hybridized carbons (Fsp3) is 0.333. The Balaban J connectivity index is 1.53. The van der Waals surface area contributed by atoms with Crippen molar-refractivity contribution in [3.63, 3.8) is 0 Å². The van der Waals surface area contributed by atoms with Gasteiger partial charge in [-0.25, -0.2) is 0 Å². The maximum absolute atomic E-state index is 12.2. The summed E-state index contributed by atoms with van der Waals surface area (Å²) < 4.78 is 5.04. The lowest BCUT2D eigenvalue weighted by atomic mass is 9.98. The summed E-state index contributed by atoms with van der Waals surface area (Å²) in [6.07, 6.45) is 4.96. The highest BCUT2D eigenvalue weighted by molar-refractivity contribution is 6.02. The molecule has 1 aromatic carbocycles. The van der Waals surface area contributed by atoms with Gasteiger partial charge in [-0.1, -0.05) is 25.0 Å². The highest BCUT2D eigenvalue weighted by Crippen LogP contribution is 2.27. The molecule has 2 aromatic rings. The molecule has 1 aliphatic rings. The quantitative estimate of drug-likeness (QED) is 0.785. The molecule has 4 N–H and O–H groups in total. The van der Waals surface area contributed by atoms with Crippen molar-refractivity contribution < 1.29 is 14.0 Å². The summed E-state index contributed by atoms with van der Waals surface area (Å²) in [5, 5.41) is 5.64. The van der Waals surface area contributed by atoms with Gasteiger partial charge in [0, 0.05) is 12.2 Å². The van der Waals surface area contributed by atoms with Crippen molar-refractivity contribution in [3.8, 4) is 0 Å². The zero-order valence-corrected chi connectivity index (χ0v) is 13.4. The van der Waals surface area contributed by atoms with Crippen molar-refractivity contribution in [2.45, 2.75) is 37.8 Å². The van der Waals surface area contributed by atoms with Crippen LogP contribution in [0.25, 0.3) is 0 Å². The summed E-state index contributed by atoms with van der Waals surface area (Å²) >= 11 is 0. The molecular formula is C18H21N3O3. The molecule has 0 unspecified atom stereocenters. The van der Waals surface area contributed by atoms with E-state index in [4.69, 9.17) is 10.2 Å². The third-order valence-corrected chi connectivity index (χ3v) is 4.36. The van der Waals surface area contributed by atoms with Gasteiger partial charge in [-0.3, -0.25) is 9.59 Å². The Hall–Kier alpha value is -2.60. The molecule has 0 spiro atoms. The molecule has 126 valence electrons. The molecule has 0 atom stereocenters. The van der Waals surface area contributed by atoms with Crippen LogP contribution in [-0.2, 0) is 11.3 Å². The molecule has 1 fully saturated rings. The molecule has 24 heavy (non-hydrogen) atoms. The molecule has 1 saturated carbocycles. The standard InChI is InChI=1S/C18H21N3O3/c19-18(9-1-2-10-18)17(23)20-12-13-5-7-14(8-6-13)21-16(22)15-4-3-11-24-15/h3-8,11H,1-2,9-10,12,19H2,(H,20,23)(H,21,22). The number of nitrogens with two attached hydrogens (primary N) is 1. The van der Waals surface area contributed by atoms with Gasteiger partial charge in [0.05, 0.1) is 11.8 Å². The van der Waals surface area contributed by atoms with Crippen LogP contribution in [0.2, 0.25) is 0 Å². The number of anilines is 1. The molecule has 0 aliphatic heterocycles. The second-order valence-electron chi connectivity index (χ2n) is 6.17. The van der Waals surface area contributed by atoms with E-state index in [2.05, 4.69) is 10.6 Å². The van der Waals surface area contributed by atoms with Gasteiger partial charge in [-0.2, -0.15) is 0 Å². The van der Waals surface area contributed by atoms with Crippen LogP contribution >= 0.6 is 0 Å². The van der Waals surface area contributed by atoms with E-state index in [1.165, 1.54) is 6.26 Å². The van der Waals surface area contributed by atoms with Crippen LogP contribution in [-0.4, -0.2) is 17.4 Å². The zero-order valence-electron chi connectivity index (χ0n) is 13.4. The van der Waals surface area contributed by atoms with Crippen LogP contribution in [0.1, 0.15) is 41.8 Å². The van der Waals surface area contributed by atoms with E-state index in [1.54, 1.807) is 24.3 Å². The Kier molecular flexibility index (Phi) is 4.66. The minimum Gasteiger partial charge on any atom is -0.459 e. The molecular weight excluding hydrogens is 306 g/mol. The molecule has 0 radical (unpaired) electrons. The van der Waals surface area contributed by atoms with Gasteiger partial charge < -0.3 is 20.8 Å². The molecule has 1 heterocycles. The van der Waals surface area contributed by atoms with Crippen LogP contribution < -0.4 is 16.4 Å². The maximum atomic E-state index is 12.2. The van der Waals surface area contributed by atoms with Gasteiger partial charge >= 0.3 is 0 Å². The first-order valence-corrected chi connectivity index (χ1v) is 8.08. The van der Waals surface area contributed by atoms with Crippen molar-refractivity contribution >= 4 is 17.5 Å². The third kappa shape index (κ3) is 3.65. The molecule has 0 bridgehead atoms. The molecule has 1 aromatic heterocycles. The number of amides is 2. The fourth-order valence-electron chi connectivity index (χ4n) is 2.90. The lowest BCUT2D eigenvalue weighted by Gasteiger charge is -2.22. The Labute approximate surface area is 140 Å². The number of carbonyl (C=O) groups is 2. The SMILES string of the molecule is NC1(C(=O)NCc2ccc(NC(=O)c3ccco3)cc2)CCCC1. The third-order valence-electron chi connectivity index (χ3n) is 4.36. The molecule has 0 saturated heterocycles. The maximum Gasteiger partial charge on any atom is 0.291 e. The zero-order chi connectivity index (χ0) is 17.0. The van der Waals surface area contributed by atoms with E-state index in [-0.39, 0.29) is 17.6 Å². The van der Waals surface area contributed by atoms with E-state index in [0.29, 0.717) is 12.2 Å². The molecule has 6 heteroatoms. The van der Waals surface area contributed by atoms with Crippen LogP contribution in [0, 0.1) is 0 Å². The number of furan rings is 1. The fourth-order valence-corrected chi connectivity index (χ4v) is 2.90. The number of hydrogen-bond donors (Lipinski definition) is 3. The highest BCUT2D eigenvalue weighted by Gasteiger charge is 2.36. The first kappa shape index (κ1) is 16.3. The second-order valence-corrected chi connectivity index (χ2v) is 6.17. The molecule has 2 amide bonds. The monoisotopic (exact) mass is 327 g/mol. The number of hydrogen-bond acceptors (Lipinski definition) is 4. The molecule has 1 aliphatic carbocycles. The minimum absolute atomic E-state index is 0.0878. The summed E-state index contributed by atoms with van der Waals surface area (Å²) in [5.74, 6) is -0.126. The normalized spacial score (nSPS) is 15.9. The topological polar surface area (TPSA) is 97.4 Å². The van der Waals surface area contributed by atoms with Gasteiger partial charge in [0.1, 0.15) is 0 Å². The highest BCUT2D eigenvalue weighted by atomic mass is 16.3. The number of carbonyl (C=O) groups excluding carboxylic acids is 2. The first-order valence-electron chi connectivity index (χ1n) is 8.08. The predicted octanol–water partition coefficient (Wildman–Crippen LogP) is 2.42. The van der Waals surface area contributed by atoms with Crippen LogP contribution in [0.4, 0.5) is 5.69 Å².